The number of likely N-dealkylation sites (N-methyl/N-ethyl adjacent to an activating group) is 1. The third kappa shape index (κ3) is 6.24. The highest BCUT2D eigenvalue weighted by atomic mass is 16.5. The zero-order valence-electron chi connectivity index (χ0n) is 16.5. The molecule has 6 heteroatoms. The first-order chi connectivity index (χ1) is 13.1. The standard InChI is InChI=1S/C21H32N4O2/c1-25(2)19(26)15-23-20(22-14-18-9-6-12-27-18)24-16-21(10-11-21)13-17-7-4-3-5-8-17/h3-5,7-8,18H,6,9-16H2,1-2H3,(H2,22,23,24). The summed E-state index contributed by atoms with van der Waals surface area (Å²) in [5.74, 6) is 0.707. The van der Waals surface area contributed by atoms with Gasteiger partial charge in [0.2, 0.25) is 5.91 Å². The van der Waals surface area contributed by atoms with E-state index in [-0.39, 0.29) is 18.6 Å². The molecule has 2 N–H and O–H groups in total. The van der Waals surface area contributed by atoms with Crippen molar-refractivity contribution in [2.75, 3.05) is 40.3 Å². The van der Waals surface area contributed by atoms with E-state index in [2.05, 4.69) is 46.0 Å². The van der Waals surface area contributed by atoms with Crippen molar-refractivity contribution in [2.45, 2.75) is 38.2 Å². The molecule has 1 unspecified atom stereocenters. The average Bonchev–Trinajstić information content (AvgIpc) is 3.22. The molecule has 1 aliphatic heterocycles. The molecule has 1 atom stereocenters. The summed E-state index contributed by atoms with van der Waals surface area (Å²) in [6.07, 6.45) is 5.96. The van der Waals surface area contributed by atoms with Crippen LogP contribution < -0.4 is 10.6 Å². The first-order valence-electron chi connectivity index (χ1n) is 9.94. The summed E-state index contributed by atoms with van der Waals surface area (Å²) in [4.78, 5) is 18.0. The highest BCUT2D eigenvalue weighted by Crippen LogP contribution is 2.47. The zero-order chi connectivity index (χ0) is 19.1. The number of hydrogen-bond donors (Lipinski definition) is 2. The molecule has 0 aromatic heterocycles. The molecule has 148 valence electrons. The van der Waals surface area contributed by atoms with Gasteiger partial charge in [0.05, 0.1) is 6.10 Å². The molecule has 0 bridgehead atoms. The van der Waals surface area contributed by atoms with Crippen molar-refractivity contribution in [3.8, 4) is 0 Å². The van der Waals surface area contributed by atoms with E-state index < -0.39 is 0 Å². The van der Waals surface area contributed by atoms with Crippen LogP contribution >= 0.6 is 0 Å². The molecule has 1 heterocycles. The van der Waals surface area contributed by atoms with Gasteiger partial charge < -0.3 is 20.3 Å². The smallest absolute Gasteiger partial charge is 0.243 e. The van der Waals surface area contributed by atoms with E-state index >= 15 is 0 Å². The van der Waals surface area contributed by atoms with E-state index in [0.717, 1.165) is 39.0 Å². The molecule has 6 nitrogen and oxygen atoms in total. The number of amides is 1. The molecule has 27 heavy (non-hydrogen) atoms. The van der Waals surface area contributed by atoms with E-state index in [1.165, 1.54) is 18.4 Å². The molecule has 1 aromatic rings. The van der Waals surface area contributed by atoms with Crippen molar-refractivity contribution in [1.29, 1.82) is 0 Å². The van der Waals surface area contributed by atoms with Gasteiger partial charge in [-0.3, -0.25) is 4.79 Å². The molecular formula is C21H32N4O2. The number of aliphatic imine (C=N–C) groups is 1. The molecule has 0 spiro atoms. The lowest BCUT2D eigenvalue weighted by Crippen LogP contribution is -2.44. The van der Waals surface area contributed by atoms with Crippen molar-refractivity contribution in [3.63, 3.8) is 0 Å². The lowest BCUT2D eigenvalue weighted by atomic mass is 9.96. The predicted molar refractivity (Wildman–Crippen MR) is 108 cm³/mol. The van der Waals surface area contributed by atoms with Crippen LogP contribution in [0.3, 0.4) is 0 Å². The van der Waals surface area contributed by atoms with E-state index in [0.29, 0.717) is 11.4 Å². The number of carbonyl (C=O) groups is 1. The number of rotatable bonds is 8. The third-order valence-electron chi connectivity index (χ3n) is 5.40. The number of nitrogens with zero attached hydrogens (tertiary/aromatic N) is 2. The van der Waals surface area contributed by atoms with Crippen LogP contribution in [0.4, 0.5) is 0 Å². The highest BCUT2D eigenvalue weighted by Gasteiger charge is 2.42. The second-order valence-electron chi connectivity index (χ2n) is 7.98. The van der Waals surface area contributed by atoms with Crippen LogP contribution in [0.15, 0.2) is 35.3 Å². The van der Waals surface area contributed by atoms with Crippen LogP contribution in [0.25, 0.3) is 0 Å². The Bertz CT molecular complexity index is 635. The number of ether oxygens (including phenoxy) is 1. The van der Waals surface area contributed by atoms with E-state index in [1.807, 2.05) is 0 Å². The normalized spacial score (nSPS) is 21.0. The minimum Gasteiger partial charge on any atom is -0.376 e. The second kappa shape index (κ2) is 9.22. The second-order valence-corrected chi connectivity index (χ2v) is 7.98. The van der Waals surface area contributed by atoms with Crippen LogP contribution in [0.5, 0.6) is 0 Å². The Morgan fingerprint density at radius 1 is 1.26 bits per heavy atom. The minimum absolute atomic E-state index is 0.00126. The Kier molecular flexibility index (Phi) is 6.72. The molecule has 1 aromatic carbocycles. The summed E-state index contributed by atoms with van der Waals surface area (Å²) >= 11 is 0. The monoisotopic (exact) mass is 372 g/mol. The fourth-order valence-corrected chi connectivity index (χ4v) is 3.37. The third-order valence-corrected chi connectivity index (χ3v) is 5.40. The summed E-state index contributed by atoms with van der Waals surface area (Å²) in [7, 11) is 3.51. The summed E-state index contributed by atoms with van der Waals surface area (Å²) < 4.78 is 5.68. The maximum Gasteiger partial charge on any atom is 0.243 e. The van der Waals surface area contributed by atoms with Crippen molar-refractivity contribution >= 4 is 11.9 Å². The Morgan fingerprint density at radius 3 is 2.67 bits per heavy atom. The van der Waals surface area contributed by atoms with Gasteiger partial charge in [0.25, 0.3) is 0 Å². The van der Waals surface area contributed by atoms with Crippen molar-refractivity contribution in [3.05, 3.63) is 35.9 Å². The first-order valence-corrected chi connectivity index (χ1v) is 9.94. The Balaban J connectivity index is 1.54. The number of hydrogen-bond acceptors (Lipinski definition) is 3. The molecule has 1 aliphatic carbocycles. The van der Waals surface area contributed by atoms with Crippen LogP contribution in [0.2, 0.25) is 0 Å². The Hall–Kier alpha value is -2.08. The first kappa shape index (κ1) is 19.7. The summed E-state index contributed by atoms with van der Waals surface area (Å²) in [5.41, 5.74) is 1.68. The molecule has 0 radical (unpaired) electrons. The zero-order valence-corrected chi connectivity index (χ0v) is 16.5. The summed E-state index contributed by atoms with van der Waals surface area (Å²) in [6, 6.07) is 10.6. The molecule has 1 saturated heterocycles. The molecular weight excluding hydrogens is 340 g/mol. The van der Waals surface area contributed by atoms with Crippen molar-refractivity contribution in [1.82, 2.24) is 15.5 Å². The minimum atomic E-state index is -0.00126. The largest absolute Gasteiger partial charge is 0.376 e. The van der Waals surface area contributed by atoms with Gasteiger partial charge in [-0.05, 0) is 43.1 Å². The number of nitrogens with one attached hydrogen (secondary N) is 2. The molecule has 1 amide bonds. The summed E-state index contributed by atoms with van der Waals surface area (Å²) in [5, 5.41) is 6.84. The number of carbonyl (C=O) groups excluding carboxylic acids is 1. The van der Waals surface area contributed by atoms with Gasteiger partial charge in [0, 0.05) is 33.8 Å². The van der Waals surface area contributed by atoms with Gasteiger partial charge in [0.15, 0.2) is 5.96 Å². The van der Waals surface area contributed by atoms with Gasteiger partial charge in [-0.15, -0.1) is 0 Å². The van der Waals surface area contributed by atoms with Crippen molar-refractivity contribution < 1.29 is 9.53 Å². The fourth-order valence-electron chi connectivity index (χ4n) is 3.37. The van der Waals surface area contributed by atoms with E-state index in [9.17, 15) is 4.79 Å². The maximum absolute atomic E-state index is 11.9. The fraction of sp³-hybridized carbons (Fsp3) is 0.619. The van der Waals surface area contributed by atoms with Gasteiger partial charge in [0.1, 0.15) is 6.54 Å². The lowest BCUT2D eigenvalue weighted by molar-refractivity contribution is -0.127. The average molecular weight is 373 g/mol. The van der Waals surface area contributed by atoms with Gasteiger partial charge >= 0.3 is 0 Å². The van der Waals surface area contributed by atoms with Gasteiger partial charge in [-0.25, -0.2) is 4.99 Å². The Labute approximate surface area is 162 Å². The number of guanidine groups is 1. The van der Waals surface area contributed by atoms with Crippen LogP contribution in [-0.4, -0.2) is 63.2 Å². The molecule has 2 fully saturated rings. The van der Waals surface area contributed by atoms with Crippen LogP contribution in [-0.2, 0) is 16.0 Å². The van der Waals surface area contributed by atoms with E-state index in [4.69, 9.17) is 4.74 Å². The predicted octanol–water partition coefficient (Wildman–Crippen LogP) is 1.81. The molecule has 3 rings (SSSR count). The van der Waals surface area contributed by atoms with E-state index in [1.54, 1.807) is 19.0 Å². The Morgan fingerprint density at radius 2 is 2.04 bits per heavy atom. The van der Waals surface area contributed by atoms with Gasteiger partial charge in [-0.2, -0.15) is 0 Å². The molecule has 2 aliphatic rings. The summed E-state index contributed by atoms with van der Waals surface area (Å²) in [6.45, 7) is 2.59. The number of benzene rings is 1. The molecule has 1 saturated carbocycles. The highest BCUT2D eigenvalue weighted by molar-refractivity contribution is 5.84. The topological polar surface area (TPSA) is 66.0 Å². The maximum atomic E-state index is 11.9. The SMILES string of the molecule is CN(C)C(=O)CN=C(NCC1CCCO1)NCC1(Cc2ccccc2)CC1. The lowest BCUT2D eigenvalue weighted by Gasteiger charge is -2.20. The van der Waals surface area contributed by atoms with Crippen LogP contribution in [0.1, 0.15) is 31.2 Å². The van der Waals surface area contributed by atoms with Gasteiger partial charge in [-0.1, -0.05) is 30.3 Å². The van der Waals surface area contributed by atoms with Crippen LogP contribution in [0, 0.1) is 5.41 Å². The quantitative estimate of drug-likeness (QED) is 0.540. The van der Waals surface area contributed by atoms with Crippen molar-refractivity contribution in [2.24, 2.45) is 10.4 Å².